The molecule has 1 heterocycles. The van der Waals surface area contributed by atoms with Crippen molar-refractivity contribution in [3.05, 3.63) is 30.0 Å². The van der Waals surface area contributed by atoms with Gasteiger partial charge in [0.1, 0.15) is 5.75 Å². The molecular weight excluding hydrogens is 235 g/mol. The van der Waals surface area contributed by atoms with Crippen molar-refractivity contribution in [2.45, 2.75) is 6.18 Å². The van der Waals surface area contributed by atoms with Crippen molar-refractivity contribution in [1.29, 1.82) is 0 Å². The van der Waals surface area contributed by atoms with Crippen LogP contribution in [0, 0.1) is 0 Å². The molecule has 2 rings (SSSR count). The number of nitrogens with one attached hydrogen (secondary N) is 1. The van der Waals surface area contributed by atoms with Gasteiger partial charge < -0.3 is 9.72 Å². The average Bonchev–Trinajstić information content (AvgIpc) is 2.67. The summed E-state index contributed by atoms with van der Waals surface area (Å²) in [5, 5.41) is 0.541. The third-order valence-corrected chi connectivity index (χ3v) is 2.21. The number of alkyl halides is 3. The molecule has 90 valence electrons. The Balaban J connectivity index is 2.27. The smallest absolute Gasteiger partial charge is 0.422 e. The van der Waals surface area contributed by atoms with E-state index in [9.17, 15) is 18.0 Å². The lowest BCUT2D eigenvalue weighted by atomic mass is 10.2. The van der Waals surface area contributed by atoms with E-state index < -0.39 is 12.8 Å². The minimum absolute atomic E-state index is 0.0810. The van der Waals surface area contributed by atoms with Crippen molar-refractivity contribution in [2.75, 3.05) is 6.61 Å². The van der Waals surface area contributed by atoms with Crippen LogP contribution in [0.1, 0.15) is 10.4 Å². The lowest BCUT2D eigenvalue weighted by Crippen LogP contribution is -2.19. The summed E-state index contributed by atoms with van der Waals surface area (Å²) in [5.41, 5.74) is 1.06. The normalized spacial score (nSPS) is 11.7. The fourth-order valence-electron chi connectivity index (χ4n) is 1.47. The predicted molar refractivity (Wildman–Crippen MR) is 55.2 cm³/mol. The van der Waals surface area contributed by atoms with E-state index in [2.05, 4.69) is 9.72 Å². The number of carbonyl (C=O) groups excluding carboxylic acids is 1. The zero-order chi connectivity index (χ0) is 12.5. The Bertz CT molecular complexity index is 545. The number of halogens is 3. The van der Waals surface area contributed by atoms with E-state index >= 15 is 0 Å². The second-order valence-electron chi connectivity index (χ2n) is 3.47. The zero-order valence-corrected chi connectivity index (χ0v) is 8.54. The second kappa shape index (κ2) is 4.12. The highest BCUT2D eigenvalue weighted by Gasteiger charge is 2.28. The molecular formula is C11H8F3NO2. The van der Waals surface area contributed by atoms with Gasteiger partial charge >= 0.3 is 6.18 Å². The van der Waals surface area contributed by atoms with E-state index in [0.29, 0.717) is 22.8 Å². The quantitative estimate of drug-likeness (QED) is 0.842. The molecule has 1 aromatic carbocycles. The van der Waals surface area contributed by atoms with Crippen LogP contribution in [0.4, 0.5) is 13.2 Å². The van der Waals surface area contributed by atoms with Gasteiger partial charge in [0, 0.05) is 22.7 Å². The number of benzene rings is 1. The highest BCUT2D eigenvalue weighted by molar-refractivity contribution is 5.97. The van der Waals surface area contributed by atoms with Gasteiger partial charge in [0.2, 0.25) is 0 Å². The molecule has 2 aromatic rings. The zero-order valence-electron chi connectivity index (χ0n) is 8.54. The van der Waals surface area contributed by atoms with Crippen LogP contribution in [0.25, 0.3) is 10.9 Å². The number of aromatic nitrogens is 1. The summed E-state index contributed by atoms with van der Waals surface area (Å²) in [5.74, 6) is 0.0810. The van der Waals surface area contributed by atoms with E-state index in [0.717, 1.165) is 0 Å². The largest absolute Gasteiger partial charge is 0.484 e. The number of carbonyl (C=O) groups is 1. The summed E-state index contributed by atoms with van der Waals surface area (Å²) in [6, 6.07) is 4.38. The molecule has 0 radical (unpaired) electrons. The van der Waals surface area contributed by atoms with E-state index in [1.807, 2.05) is 0 Å². The fourth-order valence-corrected chi connectivity index (χ4v) is 1.47. The summed E-state index contributed by atoms with van der Waals surface area (Å²) < 4.78 is 40.5. The summed E-state index contributed by atoms with van der Waals surface area (Å²) in [4.78, 5) is 13.5. The maximum atomic E-state index is 12.0. The average molecular weight is 243 g/mol. The molecule has 1 N–H and O–H groups in total. The molecule has 0 fully saturated rings. The Morgan fingerprint density at radius 2 is 2.12 bits per heavy atom. The van der Waals surface area contributed by atoms with Crippen LogP contribution in [0.2, 0.25) is 0 Å². The van der Waals surface area contributed by atoms with Crippen LogP contribution in [0.3, 0.4) is 0 Å². The minimum atomic E-state index is -4.37. The van der Waals surface area contributed by atoms with Gasteiger partial charge in [-0.05, 0) is 18.2 Å². The van der Waals surface area contributed by atoms with Crippen molar-refractivity contribution in [1.82, 2.24) is 4.98 Å². The first kappa shape index (κ1) is 11.5. The number of rotatable bonds is 3. The van der Waals surface area contributed by atoms with Crippen molar-refractivity contribution in [3.63, 3.8) is 0 Å². The highest BCUT2D eigenvalue weighted by atomic mass is 19.4. The maximum Gasteiger partial charge on any atom is 0.422 e. The van der Waals surface area contributed by atoms with Crippen molar-refractivity contribution in [3.8, 4) is 5.75 Å². The summed E-state index contributed by atoms with van der Waals surface area (Å²) in [6.45, 7) is -1.35. The maximum absolute atomic E-state index is 12.0. The van der Waals surface area contributed by atoms with Crippen LogP contribution in [-0.4, -0.2) is 24.1 Å². The molecule has 6 heteroatoms. The molecule has 0 saturated carbocycles. The standard InChI is InChI=1S/C11H8F3NO2/c12-11(13,14)6-17-8-1-2-10-9(3-8)7(5-16)4-15-10/h1-5,15H,6H2. The molecule has 0 atom stereocenters. The summed E-state index contributed by atoms with van der Waals surface area (Å²) in [6.07, 6.45) is -2.25. The summed E-state index contributed by atoms with van der Waals surface area (Å²) in [7, 11) is 0. The van der Waals surface area contributed by atoms with Gasteiger partial charge in [-0.2, -0.15) is 13.2 Å². The van der Waals surface area contributed by atoms with Crippen molar-refractivity contribution in [2.24, 2.45) is 0 Å². The molecule has 0 bridgehead atoms. The number of aromatic amines is 1. The second-order valence-corrected chi connectivity index (χ2v) is 3.47. The lowest BCUT2D eigenvalue weighted by molar-refractivity contribution is -0.153. The molecule has 17 heavy (non-hydrogen) atoms. The van der Waals surface area contributed by atoms with Gasteiger partial charge in [-0.3, -0.25) is 4.79 Å². The summed E-state index contributed by atoms with van der Waals surface area (Å²) >= 11 is 0. The highest BCUT2D eigenvalue weighted by Crippen LogP contribution is 2.24. The Hall–Kier alpha value is -1.98. The Kier molecular flexibility index (Phi) is 2.79. The Morgan fingerprint density at radius 1 is 1.35 bits per heavy atom. The number of aldehydes is 1. The van der Waals surface area contributed by atoms with Gasteiger partial charge in [-0.1, -0.05) is 0 Å². The third-order valence-electron chi connectivity index (χ3n) is 2.21. The van der Waals surface area contributed by atoms with Crippen LogP contribution >= 0.6 is 0 Å². The minimum Gasteiger partial charge on any atom is -0.484 e. The molecule has 3 nitrogen and oxygen atoms in total. The SMILES string of the molecule is O=Cc1c[nH]c2ccc(OCC(F)(F)F)cc12. The van der Waals surface area contributed by atoms with Gasteiger partial charge in [-0.25, -0.2) is 0 Å². The number of ether oxygens (including phenoxy) is 1. The van der Waals surface area contributed by atoms with E-state index in [-0.39, 0.29) is 5.75 Å². The van der Waals surface area contributed by atoms with Crippen molar-refractivity contribution >= 4 is 17.2 Å². The fraction of sp³-hybridized carbons (Fsp3) is 0.182. The molecule has 0 aliphatic heterocycles. The molecule has 0 spiro atoms. The van der Waals surface area contributed by atoms with E-state index in [1.165, 1.54) is 18.3 Å². The monoisotopic (exact) mass is 243 g/mol. The first-order valence-corrected chi connectivity index (χ1v) is 4.75. The number of fused-ring (bicyclic) bond motifs is 1. The number of hydrogen-bond donors (Lipinski definition) is 1. The van der Waals surface area contributed by atoms with Gasteiger partial charge in [0.15, 0.2) is 12.9 Å². The molecule has 0 unspecified atom stereocenters. The predicted octanol–water partition coefficient (Wildman–Crippen LogP) is 2.92. The van der Waals surface area contributed by atoms with Gasteiger partial charge in [-0.15, -0.1) is 0 Å². The molecule has 0 amide bonds. The Labute approximate surface area is 94.2 Å². The van der Waals surface area contributed by atoms with Crippen LogP contribution in [-0.2, 0) is 0 Å². The van der Waals surface area contributed by atoms with Crippen LogP contribution < -0.4 is 4.74 Å². The number of hydrogen-bond acceptors (Lipinski definition) is 2. The number of H-pyrrole nitrogens is 1. The van der Waals surface area contributed by atoms with E-state index in [1.54, 1.807) is 6.07 Å². The van der Waals surface area contributed by atoms with Crippen molar-refractivity contribution < 1.29 is 22.7 Å². The molecule has 1 aromatic heterocycles. The molecule has 0 aliphatic carbocycles. The third kappa shape index (κ3) is 2.58. The van der Waals surface area contributed by atoms with Gasteiger partial charge in [0.05, 0.1) is 0 Å². The first-order valence-electron chi connectivity index (χ1n) is 4.75. The Morgan fingerprint density at radius 3 is 2.76 bits per heavy atom. The topological polar surface area (TPSA) is 42.1 Å². The van der Waals surface area contributed by atoms with E-state index in [4.69, 9.17) is 0 Å². The molecule has 0 saturated heterocycles. The van der Waals surface area contributed by atoms with Crippen LogP contribution in [0.5, 0.6) is 5.75 Å². The first-order chi connectivity index (χ1) is 7.99. The van der Waals surface area contributed by atoms with Gasteiger partial charge in [0.25, 0.3) is 0 Å². The van der Waals surface area contributed by atoms with Crippen LogP contribution in [0.15, 0.2) is 24.4 Å². The molecule has 0 aliphatic rings. The lowest BCUT2D eigenvalue weighted by Gasteiger charge is -2.08.